The SMILES string of the molecule is O=C(O)[C@H](CO)N=Cc1cccc(-c2cccc(CN(Cc3ccccn3)Cc3ccccn3)n2)c1. The third kappa shape index (κ3) is 7.11. The van der Waals surface area contributed by atoms with Gasteiger partial charge in [-0.1, -0.05) is 36.4 Å². The Kier molecular flexibility index (Phi) is 8.58. The third-order valence-electron chi connectivity index (χ3n) is 5.46. The monoisotopic (exact) mass is 481 g/mol. The predicted molar refractivity (Wildman–Crippen MR) is 137 cm³/mol. The topological polar surface area (TPSA) is 112 Å². The Morgan fingerprint density at radius 1 is 0.861 bits per heavy atom. The molecular formula is C28H27N5O3. The molecule has 182 valence electrons. The maximum Gasteiger partial charge on any atom is 0.330 e. The molecule has 4 rings (SSSR count). The number of carboxylic acids is 1. The Hall–Kier alpha value is -4.27. The lowest BCUT2D eigenvalue weighted by Gasteiger charge is -2.21. The summed E-state index contributed by atoms with van der Waals surface area (Å²) in [6.45, 7) is 1.37. The molecule has 8 nitrogen and oxygen atoms in total. The van der Waals surface area contributed by atoms with Crippen LogP contribution in [0, 0.1) is 0 Å². The van der Waals surface area contributed by atoms with Crippen LogP contribution in [0.2, 0.25) is 0 Å². The number of aliphatic hydroxyl groups is 1. The van der Waals surface area contributed by atoms with E-state index in [9.17, 15) is 9.90 Å². The first-order chi connectivity index (χ1) is 17.6. The molecule has 0 bridgehead atoms. The third-order valence-corrected chi connectivity index (χ3v) is 5.46. The Morgan fingerprint density at radius 3 is 2.11 bits per heavy atom. The van der Waals surface area contributed by atoms with E-state index >= 15 is 0 Å². The maximum absolute atomic E-state index is 11.1. The Balaban J connectivity index is 1.54. The lowest BCUT2D eigenvalue weighted by Crippen LogP contribution is -2.24. The fourth-order valence-electron chi connectivity index (χ4n) is 3.71. The van der Waals surface area contributed by atoms with Gasteiger partial charge < -0.3 is 10.2 Å². The van der Waals surface area contributed by atoms with Crippen molar-refractivity contribution < 1.29 is 15.0 Å². The molecule has 1 aromatic carbocycles. The van der Waals surface area contributed by atoms with E-state index in [1.165, 1.54) is 6.21 Å². The molecule has 36 heavy (non-hydrogen) atoms. The molecule has 1 atom stereocenters. The van der Waals surface area contributed by atoms with Crippen LogP contribution in [0.1, 0.15) is 22.6 Å². The van der Waals surface area contributed by atoms with E-state index in [0.717, 1.165) is 33.9 Å². The zero-order chi connectivity index (χ0) is 25.2. The molecule has 0 aliphatic carbocycles. The van der Waals surface area contributed by atoms with Crippen LogP contribution in [0.15, 0.2) is 96.2 Å². The highest BCUT2D eigenvalue weighted by molar-refractivity contribution is 5.85. The van der Waals surface area contributed by atoms with Crippen molar-refractivity contribution in [1.82, 2.24) is 19.9 Å². The van der Waals surface area contributed by atoms with Gasteiger partial charge in [0.15, 0.2) is 6.04 Å². The number of aromatic nitrogens is 3. The number of benzene rings is 1. The van der Waals surface area contributed by atoms with Crippen LogP contribution in [0.4, 0.5) is 0 Å². The molecule has 0 saturated carbocycles. The average molecular weight is 482 g/mol. The molecule has 3 aromatic heterocycles. The lowest BCUT2D eigenvalue weighted by atomic mass is 10.1. The molecule has 0 aliphatic heterocycles. The lowest BCUT2D eigenvalue weighted by molar-refractivity contribution is -0.139. The first-order valence-electron chi connectivity index (χ1n) is 11.6. The van der Waals surface area contributed by atoms with Gasteiger partial charge in [-0.3, -0.25) is 24.8 Å². The summed E-state index contributed by atoms with van der Waals surface area (Å²) in [6.07, 6.45) is 5.05. The van der Waals surface area contributed by atoms with Gasteiger partial charge in [0.2, 0.25) is 0 Å². The van der Waals surface area contributed by atoms with Crippen LogP contribution < -0.4 is 0 Å². The summed E-state index contributed by atoms with van der Waals surface area (Å²) in [4.78, 5) is 31.2. The van der Waals surface area contributed by atoms with Crippen LogP contribution in [0.3, 0.4) is 0 Å². The van der Waals surface area contributed by atoms with Gasteiger partial charge in [0.05, 0.1) is 29.4 Å². The Bertz CT molecular complexity index is 1260. The summed E-state index contributed by atoms with van der Waals surface area (Å²) < 4.78 is 0. The summed E-state index contributed by atoms with van der Waals surface area (Å²) in [6, 6.07) is 24.1. The molecule has 4 aromatic rings. The van der Waals surface area contributed by atoms with Crippen LogP contribution in [0.25, 0.3) is 11.3 Å². The molecule has 0 radical (unpaired) electrons. The number of pyridine rings is 3. The van der Waals surface area contributed by atoms with Gasteiger partial charge in [-0.25, -0.2) is 4.79 Å². The number of aliphatic hydroxyl groups excluding tert-OH is 1. The molecule has 2 N–H and O–H groups in total. The number of hydrogen-bond donors (Lipinski definition) is 2. The summed E-state index contributed by atoms with van der Waals surface area (Å²) in [7, 11) is 0. The molecule has 0 saturated heterocycles. The molecule has 8 heteroatoms. The van der Waals surface area contributed by atoms with Crippen molar-refractivity contribution in [3.63, 3.8) is 0 Å². The van der Waals surface area contributed by atoms with Gasteiger partial charge in [0.1, 0.15) is 0 Å². The molecule has 0 unspecified atom stereocenters. The number of aliphatic carboxylic acids is 1. The molecule has 0 amide bonds. The van der Waals surface area contributed by atoms with Gasteiger partial charge in [0, 0.05) is 43.8 Å². The van der Waals surface area contributed by atoms with E-state index in [4.69, 9.17) is 10.1 Å². The normalized spacial score (nSPS) is 12.2. The van der Waals surface area contributed by atoms with Gasteiger partial charge in [0.25, 0.3) is 0 Å². The van der Waals surface area contributed by atoms with E-state index in [2.05, 4.69) is 19.9 Å². The van der Waals surface area contributed by atoms with Crippen molar-refractivity contribution in [2.45, 2.75) is 25.7 Å². The minimum absolute atomic E-state index is 0.553. The first kappa shape index (κ1) is 24.8. The second-order valence-corrected chi connectivity index (χ2v) is 8.24. The van der Waals surface area contributed by atoms with E-state index in [0.29, 0.717) is 19.6 Å². The minimum atomic E-state index is -1.18. The fraction of sp³-hybridized carbons (Fsp3) is 0.179. The quantitative estimate of drug-likeness (QED) is 0.315. The highest BCUT2D eigenvalue weighted by Crippen LogP contribution is 2.20. The summed E-state index contributed by atoms with van der Waals surface area (Å²) in [5.41, 5.74) is 5.27. The maximum atomic E-state index is 11.1. The van der Waals surface area contributed by atoms with Crippen molar-refractivity contribution in [3.05, 3.63) is 114 Å². The van der Waals surface area contributed by atoms with E-state index in [-0.39, 0.29) is 0 Å². The van der Waals surface area contributed by atoms with E-state index in [1.54, 1.807) is 12.4 Å². The van der Waals surface area contributed by atoms with Gasteiger partial charge in [-0.05, 0) is 48.0 Å². The van der Waals surface area contributed by atoms with E-state index < -0.39 is 18.6 Å². The molecule has 0 aliphatic rings. The van der Waals surface area contributed by atoms with Gasteiger partial charge in [-0.15, -0.1) is 0 Å². The zero-order valence-corrected chi connectivity index (χ0v) is 19.7. The van der Waals surface area contributed by atoms with Crippen LogP contribution in [-0.2, 0) is 24.4 Å². The van der Waals surface area contributed by atoms with Crippen molar-refractivity contribution in [3.8, 4) is 11.3 Å². The Morgan fingerprint density at radius 2 is 1.50 bits per heavy atom. The second-order valence-electron chi connectivity index (χ2n) is 8.24. The number of hydrogen-bond acceptors (Lipinski definition) is 7. The molecule has 0 fully saturated rings. The van der Waals surface area contributed by atoms with E-state index in [1.807, 2.05) is 78.9 Å². The summed E-state index contributed by atoms with van der Waals surface area (Å²) >= 11 is 0. The molecule has 3 heterocycles. The van der Waals surface area contributed by atoms with Crippen molar-refractivity contribution in [2.75, 3.05) is 6.61 Å². The number of nitrogens with zero attached hydrogens (tertiary/aromatic N) is 5. The number of aliphatic imine (C=N–C) groups is 1. The zero-order valence-electron chi connectivity index (χ0n) is 19.7. The fourth-order valence-corrected chi connectivity index (χ4v) is 3.71. The smallest absolute Gasteiger partial charge is 0.330 e. The number of carboxylic acid groups (broad SMARTS) is 1. The van der Waals surface area contributed by atoms with Crippen molar-refractivity contribution in [1.29, 1.82) is 0 Å². The Labute approximate surface area is 209 Å². The molecular weight excluding hydrogens is 454 g/mol. The second kappa shape index (κ2) is 12.4. The average Bonchev–Trinajstić information content (AvgIpc) is 2.90. The van der Waals surface area contributed by atoms with Crippen molar-refractivity contribution >= 4 is 12.2 Å². The van der Waals surface area contributed by atoms with Crippen molar-refractivity contribution in [2.24, 2.45) is 4.99 Å². The predicted octanol–water partition coefficient (Wildman–Crippen LogP) is 3.61. The standard InChI is InChI=1S/C28H27N5O3/c34-20-27(28(35)36)31-16-21-7-5-8-22(15-21)26-12-6-11-25(32-26)19-33(17-23-9-1-3-13-29-23)18-24-10-2-4-14-30-24/h1-16,27,34H,17-20H2,(H,35,36)/t27-/m0/s1. The highest BCUT2D eigenvalue weighted by atomic mass is 16.4. The summed E-state index contributed by atoms with van der Waals surface area (Å²) in [5.74, 6) is -1.17. The minimum Gasteiger partial charge on any atom is -0.480 e. The van der Waals surface area contributed by atoms with Crippen LogP contribution in [0.5, 0.6) is 0 Å². The first-order valence-corrected chi connectivity index (χ1v) is 11.6. The molecule has 0 spiro atoms. The largest absolute Gasteiger partial charge is 0.480 e. The summed E-state index contributed by atoms with van der Waals surface area (Å²) in [5, 5.41) is 18.3. The van der Waals surface area contributed by atoms with Crippen LogP contribution >= 0.6 is 0 Å². The van der Waals surface area contributed by atoms with Crippen LogP contribution in [-0.4, -0.2) is 54.9 Å². The number of carbonyl (C=O) groups is 1. The highest BCUT2D eigenvalue weighted by Gasteiger charge is 2.14. The van der Waals surface area contributed by atoms with Gasteiger partial charge >= 0.3 is 5.97 Å². The number of rotatable bonds is 11. The van der Waals surface area contributed by atoms with Gasteiger partial charge in [-0.2, -0.15) is 0 Å².